The minimum Gasteiger partial charge on any atom is -0.267 e. The Kier molecular flexibility index (Phi) is 3.57. The molecule has 4 aromatic rings. The zero-order valence-corrected chi connectivity index (χ0v) is 13.7. The summed E-state index contributed by atoms with van der Waals surface area (Å²) in [5.74, 6) is 0.481. The molecule has 0 aliphatic rings. The van der Waals surface area contributed by atoms with E-state index in [4.69, 9.17) is 0 Å². The van der Waals surface area contributed by atoms with Crippen LogP contribution in [0.4, 0.5) is 13.2 Å². The lowest BCUT2D eigenvalue weighted by molar-refractivity contribution is -0.137. The van der Waals surface area contributed by atoms with E-state index in [1.165, 1.54) is 10.7 Å². The van der Waals surface area contributed by atoms with Crippen LogP contribution < -0.4 is 5.56 Å². The van der Waals surface area contributed by atoms with Crippen molar-refractivity contribution in [3.8, 4) is 0 Å². The summed E-state index contributed by atoms with van der Waals surface area (Å²) in [5.41, 5.74) is -0.203. The molecule has 132 valence electrons. The van der Waals surface area contributed by atoms with E-state index >= 15 is 0 Å². The van der Waals surface area contributed by atoms with E-state index in [0.29, 0.717) is 27.8 Å². The highest BCUT2D eigenvalue weighted by molar-refractivity contribution is 5.92. The van der Waals surface area contributed by atoms with Crippen molar-refractivity contribution < 1.29 is 13.2 Å². The largest absolute Gasteiger partial charge is 0.416 e. The van der Waals surface area contributed by atoms with Gasteiger partial charge in [-0.05, 0) is 30.7 Å². The number of aromatic nitrogens is 4. The second-order valence-electron chi connectivity index (χ2n) is 5.99. The average molecular weight is 358 g/mol. The lowest BCUT2D eigenvalue weighted by Crippen LogP contribution is -2.27. The molecular formula is C18H13F3N4O. The monoisotopic (exact) mass is 358 g/mol. The van der Waals surface area contributed by atoms with Gasteiger partial charge in [-0.15, -0.1) is 10.2 Å². The molecule has 0 aliphatic carbocycles. The number of hydrogen-bond donors (Lipinski definition) is 0. The summed E-state index contributed by atoms with van der Waals surface area (Å²) < 4.78 is 41.8. The lowest BCUT2D eigenvalue weighted by atomic mass is 10.1. The summed E-state index contributed by atoms with van der Waals surface area (Å²) in [6.07, 6.45) is -4.44. The molecule has 0 radical (unpaired) electrons. The van der Waals surface area contributed by atoms with Crippen LogP contribution in [-0.4, -0.2) is 19.4 Å². The van der Waals surface area contributed by atoms with E-state index in [9.17, 15) is 18.0 Å². The average Bonchev–Trinajstić information content (AvgIpc) is 3.00. The van der Waals surface area contributed by atoms with Gasteiger partial charge in [-0.25, -0.2) is 9.20 Å². The second-order valence-corrected chi connectivity index (χ2v) is 5.99. The summed E-state index contributed by atoms with van der Waals surface area (Å²) in [5, 5.41) is 9.23. The van der Waals surface area contributed by atoms with Crippen LogP contribution >= 0.6 is 0 Å². The quantitative estimate of drug-likeness (QED) is 0.552. The first-order chi connectivity index (χ1) is 12.4. The third-order valence-electron chi connectivity index (χ3n) is 4.26. The zero-order chi connectivity index (χ0) is 18.5. The smallest absolute Gasteiger partial charge is 0.267 e. The number of alkyl halides is 3. The maximum atomic E-state index is 13.0. The number of nitrogens with zero attached hydrogens (tertiary/aromatic N) is 4. The van der Waals surface area contributed by atoms with Crippen molar-refractivity contribution in [2.75, 3.05) is 0 Å². The zero-order valence-electron chi connectivity index (χ0n) is 13.7. The molecule has 8 heteroatoms. The summed E-state index contributed by atoms with van der Waals surface area (Å²) >= 11 is 0. The third-order valence-corrected chi connectivity index (χ3v) is 4.26. The van der Waals surface area contributed by atoms with E-state index in [0.717, 1.165) is 12.1 Å². The van der Waals surface area contributed by atoms with E-state index < -0.39 is 11.7 Å². The molecule has 4 rings (SSSR count). The Balaban J connectivity index is 1.95. The fourth-order valence-corrected chi connectivity index (χ4v) is 3.07. The number of rotatable bonds is 2. The molecule has 0 saturated heterocycles. The molecule has 0 unspecified atom stereocenters. The number of aryl methyl sites for hydroxylation is 1. The number of benzene rings is 2. The van der Waals surface area contributed by atoms with Crippen molar-refractivity contribution in [3.05, 3.63) is 75.8 Å². The molecule has 0 N–H and O–H groups in total. The minimum absolute atomic E-state index is 0.0248. The molecule has 0 atom stereocenters. The van der Waals surface area contributed by atoms with Gasteiger partial charge in [0.15, 0.2) is 5.65 Å². The Labute approximate surface area is 145 Å². The van der Waals surface area contributed by atoms with Crippen molar-refractivity contribution in [1.82, 2.24) is 19.4 Å². The molecular weight excluding hydrogens is 345 g/mol. The van der Waals surface area contributed by atoms with Crippen LogP contribution in [0.3, 0.4) is 0 Å². The van der Waals surface area contributed by atoms with Crippen molar-refractivity contribution in [3.63, 3.8) is 0 Å². The molecule has 26 heavy (non-hydrogen) atoms. The summed E-state index contributed by atoms with van der Waals surface area (Å²) in [4.78, 5) is 12.9. The highest BCUT2D eigenvalue weighted by Gasteiger charge is 2.30. The highest BCUT2D eigenvalue weighted by atomic mass is 19.4. The van der Waals surface area contributed by atoms with E-state index in [2.05, 4.69) is 10.2 Å². The third kappa shape index (κ3) is 2.54. The molecule has 0 saturated carbocycles. The van der Waals surface area contributed by atoms with Gasteiger partial charge in [0.2, 0.25) is 0 Å². The molecule has 0 amide bonds. The van der Waals surface area contributed by atoms with Crippen LogP contribution in [0.25, 0.3) is 16.4 Å². The molecule has 0 fully saturated rings. The molecule has 0 aliphatic heterocycles. The van der Waals surface area contributed by atoms with Gasteiger partial charge in [-0.1, -0.05) is 30.3 Å². The van der Waals surface area contributed by atoms with Crippen LogP contribution in [0.5, 0.6) is 0 Å². The molecule has 2 heterocycles. The number of halogens is 3. The van der Waals surface area contributed by atoms with Crippen molar-refractivity contribution in [2.45, 2.75) is 19.6 Å². The van der Waals surface area contributed by atoms with Crippen LogP contribution in [-0.2, 0) is 12.7 Å². The van der Waals surface area contributed by atoms with Crippen LogP contribution in [0.1, 0.15) is 17.0 Å². The van der Waals surface area contributed by atoms with Gasteiger partial charge in [-0.2, -0.15) is 13.2 Å². The van der Waals surface area contributed by atoms with Crippen molar-refractivity contribution >= 4 is 16.4 Å². The normalized spacial score (nSPS) is 12.2. The van der Waals surface area contributed by atoms with Crippen LogP contribution in [0.2, 0.25) is 0 Å². The van der Waals surface area contributed by atoms with Gasteiger partial charge in [0.05, 0.1) is 17.5 Å². The minimum atomic E-state index is -4.44. The lowest BCUT2D eigenvalue weighted by Gasteiger charge is -2.13. The molecule has 2 aromatic heterocycles. The van der Waals surface area contributed by atoms with Crippen LogP contribution in [0.15, 0.2) is 53.3 Å². The maximum Gasteiger partial charge on any atom is 0.416 e. The SMILES string of the molecule is Cc1nnc2c3ccccc3c(=O)n(Cc3cccc(C(F)(F)F)c3)n12. The van der Waals surface area contributed by atoms with Gasteiger partial charge < -0.3 is 0 Å². The summed E-state index contributed by atoms with van der Waals surface area (Å²) in [6, 6.07) is 11.9. The standard InChI is InChI=1S/C18H13F3N4O/c1-11-22-23-16-14-7-2-3-8-15(14)17(26)24(25(11)16)10-12-5-4-6-13(9-12)18(19,20)21/h2-9H,10H2,1H3. The topological polar surface area (TPSA) is 52.2 Å². The van der Waals surface area contributed by atoms with Crippen LogP contribution in [0, 0.1) is 6.92 Å². The fraction of sp³-hybridized carbons (Fsp3) is 0.167. The van der Waals surface area contributed by atoms with Gasteiger partial charge in [0.1, 0.15) is 5.82 Å². The molecule has 2 aromatic carbocycles. The summed E-state index contributed by atoms with van der Waals surface area (Å²) in [6.45, 7) is 1.67. The van der Waals surface area contributed by atoms with Gasteiger partial charge >= 0.3 is 6.18 Å². The second kappa shape index (κ2) is 5.69. The Morgan fingerprint density at radius 3 is 2.46 bits per heavy atom. The van der Waals surface area contributed by atoms with E-state index in [1.807, 2.05) is 0 Å². The van der Waals surface area contributed by atoms with E-state index in [-0.39, 0.29) is 12.1 Å². The Hall–Kier alpha value is -3.16. The van der Waals surface area contributed by atoms with Gasteiger partial charge in [0.25, 0.3) is 5.56 Å². The maximum absolute atomic E-state index is 13.0. The Morgan fingerprint density at radius 2 is 1.73 bits per heavy atom. The highest BCUT2D eigenvalue weighted by Crippen LogP contribution is 2.29. The molecule has 5 nitrogen and oxygen atoms in total. The number of hydrogen-bond acceptors (Lipinski definition) is 3. The van der Waals surface area contributed by atoms with Gasteiger partial charge in [0, 0.05) is 5.39 Å². The fourth-order valence-electron chi connectivity index (χ4n) is 3.07. The molecule has 0 spiro atoms. The van der Waals surface area contributed by atoms with Gasteiger partial charge in [-0.3, -0.25) is 4.79 Å². The first-order valence-electron chi connectivity index (χ1n) is 7.86. The van der Waals surface area contributed by atoms with Crippen molar-refractivity contribution in [2.24, 2.45) is 0 Å². The predicted octanol–water partition coefficient (Wildman–Crippen LogP) is 3.42. The predicted molar refractivity (Wildman–Crippen MR) is 90.0 cm³/mol. The summed E-state index contributed by atoms with van der Waals surface area (Å²) in [7, 11) is 0. The first kappa shape index (κ1) is 16.3. The van der Waals surface area contributed by atoms with Crippen molar-refractivity contribution in [1.29, 1.82) is 0 Å². The molecule has 0 bridgehead atoms. The Bertz CT molecular complexity index is 1190. The van der Waals surface area contributed by atoms with E-state index in [1.54, 1.807) is 41.8 Å². The Morgan fingerprint density at radius 1 is 1.00 bits per heavy atom. The first-order valence-corrected chi connectivity index (χ1v) is 7.86. The number of fused-ring (bicyclic) bond motifs is 3.